The normalized spacial score (nSPS) is 18.5. The molecule has 0 unspecified atom stereocenters. The molecule has 1 aromatic heterocycles. The lowest BCUT2D eigenvalue weighted by molar-refractivity contribution is -0.131. The van der Waals surface area contributed by atoms with Crippen LogP contribution in [0.4, 0.5) is 4.39 Å². The van der Waals surface area contributed by atoms with Gasteiger partial charge < -0.3 is 9.88 Å². The van der Waals surface area contributed by atoms with Crippen LogP contribution in [-0.4, -0.2) is 33.9 Å². The molecule has 3 rings (SSSR count). The average molecular weight is 301 g/mol. The van der Waals surface area contributed by atoms with Crippen LogP contribution < -0.4 is 0 Å². The minimum absolute atomic E-state index is 0.0542. The van der Waals surface area contributed by atoms with Gasteiger partial charge in [0, 0.05) is 30.9 Å². The zero-order valence-corrected chi connectivity index (χ0v) is 12.7. The summed E-state index contributed by atoms with van der Waals surface area (Å²) in [6.45, 7) is 3.43. The van der Waals surface area contributed by atoms with E-state index < -0.39 is 0 Å². The topological polar surface area (TPSA) is 49.0 Å². The third-order valence-corrected chi connectivity index (χ3v) is 4.13. The quantitative estimate of drug-likeness (QED) is 0.947. The average Bonchev–Trinajstić information content (AvgIpc) is 2.94. The van der Waals surface area contributed by atoms with E-state index in [0.29, 0.717) is 6.54 Å². The maximum absolute atomic E-state index is 13.2. The maximum Gasteiger partial charge on any atom is 0.227 e. The first-order valence-corrected chi connectivity index (χ1v) is 7.65. The third kappa shape index (κ3) is 3.35. The van der Waals surface area contributed by atoms with Crippen molar-refractivity contribution in [2.24, 2.45) is 0 Å². The highest BCUT2D eigenvalue weighted by atomic mass is 19.1. The number of rotatable bonds is 3. The number of nitrogens with one attached hydrogen (secondary N) is 1. The largest absolute Gasteiger partial charge is 0.346 e. The smallest absolute Gasteiger partial charge is 0.227 e. The number of carbonyl (C=O) groups is 1. The number of amides is 1. The molecule has 1 fully saturated rings. The van der Waals surface area contributed by atoms with E-state index in [1.54, 1.807) is 12.1 Å². The molecular formula is C17H20FN3O. The van der Waals surface area contributed by atoms with Gasteiger partial charge in [-0.15, -0.1) is 0 Å². The first-order valence-electron chi connectivity index (χ1n) is 7.65. The molecule has 22 heavy (non-hydrogen) atoms. The molecule has 0 saturated carbocycles. The molecule has 0 radical (unpaired) electrons. The van der Waals surface area contributed by atoms with Crippen LogP contribution in [0.3, 0.4) is 0 Å². The summed E-state index contributed by atoms with van der Waals surface area (Å²) in [6.07, 6.45) is 4.08. The number of imidazole rings is 1. The summed E-state index contributed by atoms with van der Waals surface area (Å²) in [6, 6.07) is 6.25. The van der Waals surface area contributed by atoms with Gasteiger partial charge in [0.15, 0.2) is 0 Å². The number of piperidine rings is 1. The number of carbonyl (C=O) groups excluding carboxylic acids is 1. The summed E-state index contributed by atoms with van der Waals surface area (Å²) in [5.74, 6) is 0.978. The zero-order chi connectivity index (χ0) is 15.5. The van der Waals surface area contributed by atoms with E-state index >= 15 is 0 Å². The number of halogens is 1. The van der Waals surface area contributed by atoms with Crippen LogP contribution in [0.2, 0.25) is 0 Å². The molecule has 0 aliphatic carbocycles. The van der Waals surface area contributed by atoms with Gasteiger partial charge in [-0.05, 0) is 37.5 Å². The lowest BCUT2D eigenvalue weighted by atomic mass is 9.96. The molecule has 1 N–H and O–H groups in total. The standard InChI is InChI=1S/C17H20FN3O/c1-12-10-19-17(20-12)14-5-3-7-21(11-14)16(22)9-13-4-2-6-15(18)8-13/h2,4,6,8,10,14H,3,5,7,9,11H2,1H3,(H,19,20)/t14-/m1/s1. The predicted molar refractivity (Wildman–Crippen MR) is 82.0 cm³/mol. The molecule has 1 atom stereocenters. The van der Waals surface area contributed by atoms with Crippen molar-refractivity contribution in [3.05, 3.63) is 53.4 Å². The van der Waals surface area contributed by atoms with E-state index in [1.807, 2.05) is 18.0 Å². The Bertz CT molecular complexity index is 667. The second-order valence-corrected chi connectivity index (χ2v) is 5.94. The number of hydrogen-bond acceptors (Lipinski definition) is 2. The van der Waals surface area contributed by atoms with E-state index in [1.165, 1.54) is 12.1 Å². The summed E-state index contributed by atoms with van der Waals surface area (Å²) >= 11 is 0. The first kappa shape index (κ1) is 14.8. The molecule has 0 spiro atoms. The monoisotopic (exact) mass is 301 g/mol. The summed E-state index contributed by atoms with van der Waals surface area (Å²) in [4.78, 5) is 22.0. The van der Waals surface area contributed by atoms with Crippen molar-refractivity contribution in [3.63, 3.8) is 0 Å². The highest BCUT2D eigenvalue weighted by Gasteiger charge is 2.26. The molecule has 1 aliphatic heterocycles. The fourth-order valence-electron chi connectivity index (χ4n) is 3.00. The van der Waals surface area contributed by atoms with E-state index in [4.69, 9.17) is 0 Å². The Morgan fingerprint density at radius 2 is 2.36 bits per heavy atom. The zero-order valence-electron chi connectivity index (χ0n) is 12.7. The van der Waals surface area contributed by atoms with Gasteiger partial charge in [-0.25, -0.2) is 9.37 Å². The molecule has 1 saturated heterocycles. The van der Waals surface area contributed by atoms with E-state index in [9.17, 15) is 9.18 Å². The van der Waals surface area contributed by atoms with Crippen LogP contribution in [0.15, 0.2) is 30.5 Å². The molecule has 1 amide bonds. The Kier molecular flexibility index (Phi) is 4.22. The summed E-state index contributed by atoms with van der Waals surface area (Å²) in [5.41, 5.74) is 1.76. The lowest BCUT2D eigenvalue weighted by Crippen LogP contribution is -2.40. The van der Waals surface area contributed by atoms with Crippen molar-refractivity contribution in [1.29, 1.82) is 0 Å². The van der Waals surface area contributed by atoms with Gasteiger partial charge in [0.25, 0.3) is 0 Å². The molecular weight excluding hydrogens is 281 g/mol. The molecule has 2 heterocycles. The van der Waals surface area contributed by atoms with E-state index in [2.05, 4.69) is 9.97 Å². The second kappa shape index (κ2) is 6.30. The first-order chi connectivity index (χ1) is 10.6. The van der Waals surface area contributed by atoms with Gasteiger partial charge in [-0.1, -0.05) is 12.1 Å². The number of hydrogen-bond donors (Lipinski definition) is 1. The van der Waals surface area contributed by atoms with Crippen molar-refractivity contribution in [2.75, 3.05) is 13.1 Å². The van der Waals surface area contributed by atoms with Gasteiger partial charge in [0.2, 0.25) is 5.91 Å². The van der Waals surface area contributed by atoms with Crippen molar-refractivity contribution in [2.45, 2.75) is 32.1 Å². The van der Waals surface area contributed by atoms with E-state index in [0.717, 1.165) is 36.5 Å². The number of aryl methyl sites for hydroxylation is 1. The van der Waals surface area contributed by atoms with Crippen LogP contribution in [0.5, 0.6) is 0 Å². The minimum Gasteiger partial charge on any atom is -0.346 e. The maximum atomic E-state index is 13.2. The van der Waals surface area contributed by atoms with Crippen molar-refractivity contribution in [3.8, 4) is 0 Å². The molecule has 116 valence electrons. The Morgan fingerprint density at radius 1 is 1.50 bits per heavy atom. The highest BCUT2D eigenvalue weighted by Crippen LogP contribution is 2.25. The fourth-order valence-corrected chi connectivity index (χ4v) is 3.00. The molecule has 2 aromatic rings. The minimum atomic E-state index is -0.298. The Balaban J connectivity index is 1.65. The van der Waals surface area contributed by atoms with Gasteiger partial charge in [0.05, 0.1) is 6.42 Å². The number of nitrogens with zero attached hydrogens (tertiary/aromatic N) is 2. The van der Waals surface area contributed by atoms with E-state index in [-0.39, 0.29) is 24.1 Å². The molecule has 4 nitrogen and oxygen atoms in total. The van der Waals surface area contributed by atoms with Crippen LogP contribution >= 0.6 is 0 Å². The molecule has 5 heteroatoms. The van der Waals surface area contributed by atoms with Crippen molar-refractivity contribution >= 4 is 5.91 Å². The van der Waals surface area contributed by atoms with Crippen LogP contribution in [-0.2, 0) is 11.2 Å². The number of H-pyrrole nitrogens is 1. The Hall–Kier alpha value is -2.17. The van der Waals surface area contributed by atoms with Gasteiger partial charge >= 0.3 is 0 Å². The number of aromatic amines is 1. The summed E-state index contributed by atoms with van der Waals surface area (Å²) < 4.78 is 13.2. The summed E-state index contributed by atoms with van der Waals surface area (Å²) in [5, 5.41) is 0. The Labute approximate surface area is 129 Å². The number of benzene rings is 1. The predicted octanol–water partition coefficient (Wildman–Crippen LogP) is 2.81. The van der Waals surface area contributed by atoms with Crippen LogP contribution in [0.25, 0.3) is 0 Å². The van der Waals surface area contributed by atoms with Crippen LogP contribution in [0.1, 0.15) is 35.8 Å². The van der Waals surface area contributed by atoms with Crippen molar-refractivity contribution in [1.82, 2.24) is 14.9 Å². The SMILES string of the molecule is Cc1cnc([C@@H]2CCCN(C(=O)Cc3cccc(F)c3)C2)[nH]1. The molecule has 0 bridgehead atoms. The van der Waals surface area contributed by atoms with Crippen LogP contribution in [0, 0.1) is 12.7 Å². The van der Waals surface area contributed by atoms with Gasteiger partial charge in [-0.2, -0.15) is 0 Å². The second-order valence-electron chi connectivity index (χ2n) is 5.94. The molecule has 1 aromatic carbocycles. The summed E-state index contributed by atoms with van der Waals surface area (Å²) in [7, 11) is 0. The fraction of sp³-hybridized carbons (Fsp3) is 0.412. The number of likely N-dealkylation sites (tertiary alicyclic amines) is 1. The molecule has 1 aliphatic rings. The van der Waals surface area contributed by atoms with Gasteiger partial charge in [0.1, 0.15) is 11.6 Å². The lowest BCUT2D eigenvalue weighted by Gasteiger charge is -2.32. The number of aromatic nitrogens is 2. The highest BCUT2D eigenvalue weighted by molar-refractivity contribution is 5.79. The van der Waals surface area contributed by atoms with Gasteiger partial charge in [-0.3, -0.25) is 4.79 Å². The third-order valence-electron chi connectivity index (χ3n) is 4.13. The Morgan fingerprint density at radius 3 is 3.09 bits per heavy atom. The van der Waals surface area contributed by atoms with Crippen molar-refractivity contribution < 1.29 is 9.18 Å².